The van der Waals surface area contributed by atoms with Crippen LogP contribution in [0.5, 0.6) is 5.75 Å². The molecule has 2 aromatic rings. The summed E-state index contributed by atoms with van der Waals surface area (Å²) in [5.74, 6) is 0.348. The lowest BCUT2D eigenvalue weighted by Crippen LogP contribution is -2.49. The minimum atomic E-state index is -0.339. The normalized spacial score (nSPS) is 14.7. The molecule has 1 aliphatic heterocycles. The minimum absolute atomic E-state index is 0.0570. The number of hydrogen-bond donors (Lipinski definition) is 0. The zero-order valence-corrected chi connectivity index (χ0v) is 14.4. The quantitative estimate of drug-likeness (QED) is 0.829. The Labute approximate surface area is 152 Å². The molecule has 6 heteroatoms. The number of hydrogen-bond acceptors (Lipinski definition) is 4. The smallest absolute Gasteiger partial charge is 0.253 e. The molecule has 1 heterocycles. The fraction of sp³-hybridized carbons (Fsp3) is 0.300. The molecule has 2 aromatic carbocycles. The zero-order chi connectivity index (χ0) is 18.4. The highest BCUT2D eigenvalue weighted by Crippen LogP contribution is 2.12. The van der Waals surface area contributed by atoms with Crippen LogP contribution in [0.1, 0.15) is 15.9 Å². The van der Waals surface area contributed by atoms with E-state index in [9.17, 15) is 9.18 Å². The summed E-state index contributed by atoms with van der Waals surface area (Å²) in [6, 6.07) is 14.8. The van der Waals surface area contributed by atoms with Gasteiger partial charge in [-0.1, -0.05) is 0 Å². The van der Waals surface area contributed by atoms with Crippen molar-refractivity contribution in [2.45, 2.75) is 0 Å². The molecule has 0 atom stereocenters. The third-order valence-electron chi connectivity index (χ3n) is 4.41. The van der Waals surface area contributed by atoms with E-state index < -0.39 is 0 Å². The minimum Gasteiger partial charge on any atom is -0.492 e. The predicted octanol–water partition coefficient (Wildman–Crippen LogP) is 2.53. The average molecular weight is 353 g/mol. The molecule has 1 fully saturated rings. The van der Waals surface area contributed by atoms with E-state index in [2.05, 4.69) is 11.0 Å². The second-order valence-electron chi connectivity index (χ2n) is 6.13. The molecule has 134 valence electrons. The maximum atomic E-state index is 13.0. The van der Waals surface area contributed by atoms with E-state index in [1.54, 1.807) is 29.2 Å². The number of nitriles is 1. The second kappa shape index (κ2) is 8.45. The Hall–Kier alpha value is -2.91. The topological polar surface area (TPSA) is 56.6 Å². The molecule has 0 aliphatic carbocycles. The number of carbonyl (C=O) groups is 1. The van der Waals surface area contributed by atoms with E-state index in [0.29, 0.717) is 30.8 Å². The first-order valence-electron chi connectivity index (χ1n) is 8.56. The molecule has 0 N–H and O–H groups in total. The van der Waals surface area contributed by atoms with Crippen LogP contribution in [0.4, 0.5) is 4.39 Å². The van der Waals surface area contributed by atoms with Crippen molar-refractivity contribution in [1.29, 1.82) is 5.26 Å². The SMILES string of the molecule is N#Cc1ccc(OCCN2CCN(C(=O)c3ccc(F)cc3)CC2)cc1. The Morgan fingerprint density at radius 1 is 1.04 bits per heavy atom. The van der Waals surface area contributed by atoms with E-state index in [0.717, 1.165) is 25.4 Å². The number of benzene rings is 2. The zero-order valence-electron chi connectivity index (χ0n) is 14.4. The summed E-state index contributed by atoms with van der Waals surface area (Å²) < 4.78 is 18.7. The van der Waals surface area contributed by atoms with Crippen molar-refractivity contribution in [3.05, 3.63) is 65.5 Å². The molecule has 1 amide bonds. The van der Waals surface area contributed by atoms with E-state index in [1.807, 2.05) is 0 Å². The van der Waals surface area contributed by atoms with Crippen molar-refractivity contribution in [2.75, 3.05) is 39.3 Å². The molecule has 1 saturated heterocycles. The van der Waals surface area contributed by atoms with Crippen LogP contribution in [-0.4, -0.2) is 55.0 Å². The molecule has 3 rings (SSSR count). The summed E-state index contributed by atoms with van der Waals surface area (Å²) in [5, 5.41) is 8.78. The van der Waals surface area contributed by atoms with Crippen LogP contribution in [0.25, 0.3) is 0 Å². The Bertz CT molecular complexity index is 776. The van der Waals surface area contributed by atoms with Crippen LogP contribution in [-0.2, 0) is 0 Å². The van der Waals surface area contributed by atoms with Crippen LogP contribution in [0, 0.1) is 17.1 Å². The number of halogens is 1. The van der Waals surface area contributed by atoms with Gasteiger partial charge in [-0.25, -0.2) is 4.39 Å². The van der Waals surface area contributed by atoms with E-state index in [-0.39, 0.29) is 11.7 Å². The third kappa shape index (κ3) is 4.58. The van der Waals surface area contributed by atoms with Gasteiger partial charge in [0.05, 0.1) is 11.6 Å². The summed E-state index contributed by atoms with van der Waals surface area (Å²) in [7, 11) is 0. The van der Waals surface area contributed by atoms with Crippen LogP contribution >= 0.6 is 0 Å². The van der Waals surface area contributed by atoms with Crippen LogP contribution in [0.2, 0.25) is 0 Å². The van der Waals surface area contributed by atoms with Gasteiger partial charge in [0.15, 0.2) is 0 Å². The lowest BCUT2D eigenvalue weighted by molar-refractivity contribution is 0.0620. The standard InChI is InChI=1S/C20H20FN3O2/c21-18-5-3-17(4-6-18)20(25)24-11-9-23(10-12-24)13-14-26-19-7-1-16(15-22)2-8-19/h1-8H,9-14H2. The number of rotatable bonds is 5. The third-order valence-corrected chi connectivity index (χ3v) is 4.41. The van der Waals surface area contributed by atoms with Gasteiger partial charge in [0.2, 0.25) is 0 Å². The molecule has 0 bridgehead atoms. The maximum Gasteiger partial charge on any atom is 0.253 e. The number of piperazine rings is 1. The van der Waals surface area contributed by atoms with Crippen molar-refractivity contribution in [2.24, 2.45) is 0 Å². The van der Waals surface area contributed by atoms with Crippen LogP contribution < -0.4 is 4.74 Å². The summed E-state index contributed by atoms with van der Waals surface area (Å²) in [6.45, 7) is 4.18. The van der Waals surface area contributed by atoms with Gasteiger partial charge in [-0.05, 0) is 48.5 Å². The van der Waals surface area contributed by atoms with Gasteiger partial charge in [-0.3, -0.25) is 9.69 Å². The molecule has 0 saturated carbocycles. The summed E-state index contributed by atoms with van der Waals surface area (Å²) in [4.78, 5) is 16.5. The molecule has 0 radical (unpaired) electrons. The number of amides is 1. The molecular formula is C20H20FN3O2. The first-order valence-corrected chi connectivity index (χ1v) is 8.56. The molecule has 0 aromatic heterocycles. The van der Waals surface area contributed by atoms with Crippen molar-refractivity contribution in [3.8, 4) is 11.8 Å². The molecule has 0 unspecified atom stereocenters. The fourth-order valence-corrected chi connectivity index (χ4v) is 2.87. The van der Waals surface area contributed by atoms with E-state index >= 15 is 0 Å². The molecule has 0 spiro atoms. The van der Waals surface area contributed by atoms with Crippen LogP contribution in [0.3, 0.4) is 0 Å². The largest absolute Gasteiger partial charge is 0.492 e. The van der Waals surface area contributed by atoms with E-state index in [1.165, 1.54) is 24.3 Å². The monoisotopic (exact) mass is 353 g/mol. The maximum absolute atomic E-state index is 13.0. The molecule has 26 heavy (non-hydrogen) atoms. The van der Waals surface area contributed by atoms with Gasteiger partial charge < -0.3 is 9.64 Å². The second-order valence-corrected chi connectivity index (χ2v) is 6.13. The fourth-order valence-electron chi connectivity index (χ4n) is 2.87. The highest BCUT2D eigenvalue weighted by molar-refractivity contribution is 5.94. The number of nitrogens with zero attached hydrogens (tertiary/aromatic N) is 3. The Morgan fingerprint density at radius 2 is 1.69 bits per heavy atom. The lowest BCUT2D eigenvalue weighted by Gasteiger charge is -2.34. The summed E-state index contributed by atoms with van der Waals surface area (Å²) in [5.41, 5.74) is 1.13. The van der Waals surface area contributed by atoms with Gasteiger partial charge in [0.25, 0.3) is 5.91 Å². The van der Waals surface area contributed by atoms with Crippen LogP contribution in [0.15, 0.2) is 48.5 Å². The summed E-state index contributed by atoms with van der Waals surface area (Å²) >= 11 is 0. The Kier molecular flexibility index (Phi) is 5.82. The first kappa shape index (κ1) is 17.9. The van der Waals surface area contributed by atoms with Gasteiger partial charge in [0, 0.05) is 38.3 Å². The highest BCUT2D eigenvalue weighted by Gasteiger charge is 2.21. The summed E-state index contributed by atoms with van der Waals surface area (Å²) in [6.07, 6.45) is 0. The lowest BCUT2D eigenvalue weighted by atomic mass is 10.2. The molecule has 1 aliphatic rings. The van der Waals surface area contributed by atoms with Gasteiger partial charge >= 0.3 is 0 Å². The van der Waals surface area contributed by atoms with Gasteiger partial charge in [-0.2, -0.15) is 5.26 Å². The average Bonchev–Trinajstić information content (AvgIpc) is 2.69. The Morgan fingerprint density at radius 3 is 2.31 bits per heavy atom. The van der Waals surface area contributed by atoms with Gasteiger partial charge in [-0.15, -0.1) is 0 Å². The highest BCUT2D eigenvalue weighted by atomic mass is 19.1. The first-order chi connectivity index (χ1) is 12.7. The van der Waals surface area contributed by atoms with Crippen molar-refractivity contribution >= 4 is 5.91 Å². The van der Waals surface area contributed by atoms with Crippen molar-refractivity contribution < 1.29 is 13.9 Å². The van der Waals surface area contributed by atoms with Crippen molar-refractivity contribution in [1.82, 2.24) is 9.80 Å². The van der Waals surface area contributed by atoms with Crippen molar-refractivity contribution in [3.63, 3.8) is 0 Å². The number of ether oxygens (including phenoxy) is 1. The molecule has 5 nitrogen and oxygen atoms in total. The Balaban J connectivity index is 1.41. The predicted molar refractivity (Wildman–Crippen MR) is 95.4 cm³/mol. The number of carbonyl (C=O) groups excluding carboxylic acids is 1. The van der Waals surface area contributed by atoms with Gasteiger partial charge in [0.1, 0.15) is 18.2 Å². The van der Waals surface area contributed by atoms with E-state index in [4.69, 9.17) is 10.00 Å². The molecular weight excluding hydrogens is 333 g/mol.